The molecule has 9 heteroatoms. The highest BCUT2D eigenvalue weighted by Crippen LogP contribution is 2.35. The summed E-state index contributed by atoms with van der Waals surface area (Å²) in [7, 11) is 1.51. The molecule has 0 bridgehead atoms. The first-order chi connectivity index (χ1) is 14.9. The average Bonchev–Trinajstić information content (AvgIpc) is 3.12. The summed E-state index contributed by atoms with van der Waals surface area (Å²) in [5.74, 6) is 0.389. The van der Waals surface area contributed by atoms with Gasteiger partial charge in [-0.05, 0) is 42.0 Å². The number of methoxy groups -OCH3 is 1. The predicted octanol–water partition coefficient (Wildman–Crippen LogP) is 5.50. The van der Waals surface area contributed by atoms with Crippen LogP contribution in [0.4, 0.5) is 10.1 Å². The fourth-order valence-corrected chi connectivity index (χ4v) is 3.58. The molecule has 0 radical (unpaired) electrons. The summed E-state index contributed by atoms with van der Waals surface area (Å²) in [6.45, 7) is 0.347. The van der Waals surface area contributed by atoms with Crippen LogP contribution in [0.3, 0.4) is 0 Å². The fourth-order valence-electron chi connectivity index (χ4n) is 3.14. The van der Waals surface area contributed by atoms with Crippen molar-refractivity contribution in [3.8, 4) is 11.5 Å². The van der Waals surface area contributed by atoms with Crippen molar-refractivity contribution >= 4 is 39.9 Å². The minimum Gasteiger partial charge on any atom is -0.493 e. The molecule has 6 nitrogen and oxygen atoms in total. The van der Waals surface area contributed by atoms with Gasteiger partial charge in [-0.3, -0.25) is 0 Å². The number of aromatic amines is 2. The van der Waals surface area contributed by atoms with E-state index in [1.54, 1.807) is 18.2 Å². The molecular formula is C22H18Cl2FN3O3. The summed E-state index contributed by atoms with van der Waals surface area (Å²) in [6.07, 6.45) is 0. The van der Waals surface area contributed by atoms with Gasteiger partial charge in [0.1, 0.15) is 12.4 Å². The SMILES string of the molecule is COc1cc(CNc2ccc3[nH]c(=O)[nH]c3c2)c(Cl)cc1OCc1c(F)cccc1Cl. The fraction of sp³-hybridized carbons (Fsp3) is 0.136. The number of H-pyrrole nitrogens is 2. The Kier molecular flexibility index (Phi) is 6.06. The Balaban J connectivity index is 1.50. The first-order valence-corrected chi connectivity index (χ1v) is 10.1. The van der Waals surface area contributed by atoms with Crippen LogP contribution < -0.4 is 20.5 Å². The molecule has 4 rings (SSSR count). The van der Waals surface area contributed by atoms with Crippen LogP contribution in [0.15, 0.2) is 53.3 Å². The van der Waals surface area contributed by atoms with Crippen molar-refractivity contribution in [1.29, 1.82) is 0 Å². The number of anilines is 1. The van der Waals surface area contributed by atoms with E-state index >= 15 is 0 Å². The molecule has 0 aliphatic rings. The standard InChI is InChI=1S/C22H18Cl2FN3O3/c1-30-20-7-12(10-26-13-5-6-18-19(8-13)28-22(29)27-18)16(24)9-21(20)31-11-14-15(23)3-2-4-17(14)25/h2-9,26H,10-11H2,1H3,(H2,27,28,29). The van der Waals surface area contributed by atoms with Crippen LogP contribution in [0.5, 0.6) is 11.5 Å². The topological polar surface area (TPSA) is 79.1 Å². The maximum absolute atomic E-state index is 14.0. The molecule has 0 atom stereocenters. The highest BCUT2D eigenvalue weighted by molar-refractivity contribution is 6.31. The summed E-state index contributed by atoms with van der Waals surface area (Å²) in [5.41, 5.74) is 3.02. The Bertz CT molecular complexity index is 1280. The van der Waals surface area contributed by atoms with E-state index in [0.717, 1.165) is 16.8 Å². The van der Waals surface area contributed by atoms with Gasteiger partial charge in [0.2, 0.25) is 0 Å². The van der Waals surface area contributed by atoms with Gasteiger partial charge in [0.25, 0.3) is 0 Å². The lowest BCUT2D eigenvalue weighted by molar-refractivity contribution is 0.279. The van der Waals surface area contributed by atoms with Gasteiger partial charge in [0.15, 0.2) is 11.5 Å². The van der Waals surface area contributed by atoms with E-state index in [2.05, 4.69) is 15.3 Å². The van der Waals surface area contributed by atoms with Gasteiger partial charge in [-0.25, -0.2) is 9.18 Å². The molecule has 1 aromatic heterocycles. The van der Waals surface area contributed by atoms with Crippen LogP contribution in [0.2, 0.25) is 10.0 Å². The number of aromatic nitrogens is 2. The van der Waals surface area contributed by atoms with Crippen LogP contribution in [0.25, 0.3) is 11.0 Å². The lowest BCUT2D eigenvalue weighted by Crippen LogP contribution is -2.04. The zero-order chi connectivity index (χ0) is 22.0. The Morgan fingerprint density at radius 2 is 1.81 bits per heavy atom. The quantitative estimate of drug-likeness (QED) is 0.339. The summed E-state index contributed by atoms with van der Waals surface area (Å²) < 4.78 is 25.1. The summed E-state index contributed by atoms with van der Waals surface area (Å²) in [4.78, 5) is 16.8. The number of halogens is 3. The van der Waals surface area contributed by atoms with E-state index in [4.69, 9.17) is 32.7 Å². The van der Waals surface area contributed by atoms with Gasteiger partial charge < -0.3 is 24.8 Å². The second-order valence-corrected chi connectivity index (χ2v) is 7.59. The van der Waals surface area contributed by atoms with E-state index in [-0.39, 0.29) is 22.9 Å². The van der Waals surface area contributed by atoms with Gasteiger partial charge in [0.05, 0.1) is 23.2 Å². The molecule has 3 N–H and O–H groups in total. The molecule has 0 spiro atoms. The van der Waals surface area contributed by atoms with Crippen molar-refractivity contribution in [2.24, 2.45) is 0 Å². The number of fused-ring (bicyclic) bond motifs is 1. The molecule has 0 fully saturated rings. The molecule has 160 valence electrons. The minimum atomic E-state index is -0.445. The van der Waals surface area contributed by atoms with Crippen molar-refractivity contribution < 1.29 is 13.9 Å². The lowest BCUT2D eigenvalue weighted by atomic mass is 10.1. The van der Waals surface area contributed by atoms with E-state index in [0.29, 0.717) is 28.6 Å². The molecule has 0 aliphatic carbocycles. The summed E-state index contributed by atoms with van der Waals surface area (Å²) in [5, 5.41) is 4.00. The first-order valence-electron chi connectivity index (χ1n) is 9.32. The van der Waals surface area contributed by atoms with Crippen LogP contribution >= 0.6 is 23.2 Å². The second kappa shape index (κ2) is 8.91. The van der Waals surface area contributed by atoms with E-state index < -0.39 is 5.82 Å². The largest absolute Gasteiger partial charge is 0.493 e. The van der Waals surface area contributed by atoms with Gasteiger partial charge >= 0.3 is 5.69 Å². The Morgan fingerprint density at radius 3 is 2.58 bits per heavy atom. The predicted molar refractivity (Wildman–Crippen MR) is 120 cm³/mol. The van der Waals surface area contributed by atoms with E-state index in [1.807, 2.05) is 18.2 Å². The highest BCUT2D eigenvalue weighted by Gasteiger charge is 2.14. The third-order valence-corrected chi connectivity index (χ3v) is 5.47. The number of rotatable bonds is 7. The summed E-state index contributed by atoms with van der Waals surface area (Å²) in [6, 6.07) is 13.3. The molecule has 3 aromatic carbocycles. The number of nitrogens with one attached hydrogen (secondary N) is 3. The van der Waals surface area contributed by atoms with Crippen LogP contribution in [0.1, 0.15) is 11.1 Å². The molecule has 0 amide bonds. The van der Waals surface area contributed by atoms with Gasteiger partial charge in [0, 0.05) is 28.9 Å². The number of hydrogen-bond donors (Lipinski definition) is 3. The third kappa shape index (κ3) is 4.62. The molecule has 0 saturated carbocycles. The van der Waals surface area contributed by atoms with Gasteiger partial charge in [-0.2, -0.15) is 0 Å². The third-order valence-electron chi connectivity index (χ3n) is 4.77. The molecular weight excluding hydrogens is 444 g/mol. The average molecular weight is 462 g/mol. The monoisotopic (exact) mass is 461 g/mol. The number of hydrogen-bond acceptors (Lipinski definition) is 4. The molecule has 1 heterocycles. The highest BCUT2D eigenvalue weighted by atomic mass is 35.5. The van der Waals surface area contributed by atoms with Crippen molar-refractivity contribution in [3.63, 3.8) is 0 Å². The Labute approximate surface area is 186 Å². The lowest BCUT2D eigenvalue weighted by Gasteiger charge is -2.15. The van der Waals surface area contributed by atoms with Crippen molar-refractivity contribution in [2.75, 3.05) is 12.4 Å². The maximum atomic E-state index is 14.0. The Morgan fingerprint density at radius 1 is 1.00 bits per heavy atom. The number of benzene rings is 3. The van der Waals surface area contributed by atoms with Crippen LogP contribution in [-0.4, -0.2) is 17.1 Å². The molecule has 0 unspecified atom stereocenters. The van der Waals surface area contributed by atoms with Crippen molar-refractivity contribution in [1.82, 2.24) is 9.97 Å². The van der Waals surface area contributed by atoms with Crippen molar-refractivity contribution in [2.45, 2.75) is 13.2 Å². The molecule has 0 saturated heterocycles. The zero-order valence-electron chi connectivity index (χ0n) is 16.4. The molecule has 4 aromatic rings. The van der Waals surface area contributed by atoms with Gasteiger partial charge in [-0.1, -0.05) is 29.3 Å². The minimum absolute atomic E-state index is 0.0648. The molecule has 31 heavy (non-hydrogen) atoms. The van der Waals surface area contributed by atoms with Crippen LogP contribution in [0, 0.1) is 5.82 Å². The van der Waals surface area contributed by atoms with E-state index in [1.165, 1.54) is 19.2 Å². The second-order valence-electron chi connectivity index (χ2n) is 6.78. The molecule has 0 aliphatic heterocycles. The number of imidazole rings is 1. The summed E-state index contributed by atoms with van der Waals surface area (Å²) >= 11 is 12.5. The Hall–Kier alpha value is -3.16. The van der Waals surface area contributed by atoms with Crippen LogP contribution in [-0.2, 0) is 13.2 Å². The number of ether oxygens (including phenoxy) is 2. The normalized spacial score (nSPS) is 11.0. The smallest absolute Gasteiger partial charge is 0.323 e. The van der Waals surface area contributed by atoms with Gasteiger partial charge in [-0.15, -0.1) is 0 Å². The zero-order valence-corrected chi connectivity index (χ0v) is 17.9. The maximum Gasteiger partial charge on any atom is 0.323 e. The first kappa shape index (κ1) is 21.1. The van der Waals surface area contributed by atoms with Crippen molar-refractivity contribution in [3.05, 3.63) is 86.0 Å². The van der Waals surface area contributed by atoms with E-state index in [9.17, 15) is 9.18 Å².